The molecule has 1 amide bonds. The summed E-state index contributed by atoms with van der Waals surface area (Å²) in [5.41, 5.74) is 2.94. The van der Waals surface area contributed by atoms with E-state index < -0.39 is 0 Å². The topological polar surface area (TPSA) is 64.1 Å². The van der Waals surface area contributed by atoms with Crippen molar-refractivity contribution in [2.45, 2.75) is 52.4 Å². The first kappa shape index (κ1) is 16.4. The number of ether oxygens (including phenoxy) is 1. The van der Waals surface area contributed by atoms with Crippen LogP contribution in [0, 0.1) is 0 Å². The standard InChI is InChI=1S/C19H23N3O2/c1-11(2)16-10-18(22-19(21-16)12(3)4)24-14-6-7-15-13(9-14)5-8-17(23)20-15/h6-7,9-12H,5,8H2,1-4H3,(H,20,23). The Kier molecular flexibility index (Phi) is 4.51. The number of anilines is 1. The average molecular weight is 325 g/mol. The van der Waals surface area contributed by atoms with Gasteiger partial charge in [-0.3, -0.25) is 4.79 Å². The molecule has 2 heterocycles. The third-order valence-electron chi connectivity index (χ3n) is 4.04. The van der Waals surface area contributed by atoms with E-state index in [1.165, 1.54) is 0 Å². The van der Waals surface area contributed by atoms with Gasteiger partial charge in [0.1, 0.15) is 11.6 Å². The molecule has 0 aliphatic carbocycles. The highest BCUT2D eigenvalue weighted by Crippen LogP contribution is 2.30. The summed E-state index contributed by atoms with van der Waals surface area (Å²) in [6, 6.07) is 7.62. The second-order valence-corrected chi connectivity index (χ2v) is 6.77. The number of carbonyl (C=O) groups is 1. The van der Waals surface area contributed by atoms with E-state index in [1.54, 1.807) is 0 Å². The largest absolute Gasteiger partial charge is 0.439 e. The third kappa shape index (κ3) is 3.55. The monoisotopic (exact) mass is 325 g/mol. The number of aryl methyl sites for hydroxylation is 1. The maximum atomic E-state index is 11.4. The molecule has 5 nitrogen and oxygen atoms in total. The maximum absolute atomic E-state index is 11.4. The molecule has 3 rings (SSSR count). The Hall–Kier alpha value is -2.43. The Bertz CT molecular complexity index is 743. The molecular formula is C19H23N3O2. The van der Waals surface area contributed by atoms with E-state index in [1.807, 2.05) is 24.3 Å². The van der Waals surface area contributed by atoms with Crippen molar-refractivity contribution in [1.29, 1.82) is 0 Å². The van der Waals surface area contributed by atoms with E-state index in [9.17, 15) is 4.79 Å². The number of hydrogen-bond donors (Lipinski definition) is 1. The molecule has 0 radical (unpaired) electrons. The van der Waals surface area contributed by atoms with Crippen molar-refractivity contribution in [2.75, 3.05) is 5.32 Å². The van der Waals surface area contributed by atoms with Gasteiger partial charge in [0, 0.05) is 24.1 Å². The molecule has 1 aliphatic rings. The number of amides is 1. The van der Waals surface area contributed by atoms with E-state index in [0.717, 1.165) is 34.9 Å². The highest BCUT2D eigenvalue weighted by Gasteiger charge is 2.16. The zero-order chi connectivity index (χ0) is 17.3. The quantitative estimate of drug-likeness (QED) is 0.905. The van der Waals surface area contributed by atoms with Crippen LogP contribution >= 0.6 is 0 Å². The number of aromatic nitrogens is 2. The molecule has 0 fully saturated rings. The first-order valence-corrected chi connectivity index (χ1v) is 8.42. The van der Waals surface area contributed by atoms with Crippen LogP contribution in [0.5, 0.6) is 11.6 Å². The van der Waals surface area contributed by atoms with E-state index in [-0.39, 0.29) is 11.8 Å². The molecule has 1 aliphatic heterocycles. The fourth-order valence-electron chi connectivity index (χ4n) is 2.61. The van der Waals surface area contributed by atoms with Crippen LogP contribution in [-0.2, 0) is 11.2 Å². The van der Waals surface area contributed by atoms with Crippen molar-refractivity contribution >= 4 is 11.6 Å². The molecule has 1 N–H and O–H groups in total. The molecule has 0 spiro atoms. The van der Waals surface area contributed by atoms with Crippen LogP contribution in [0.15, 0.2) is 24.3 Å². The summed E-state index contributed by atoms with van der Waals surface area (Å²) in [5, 5.41) is 2.88. The van der Waals surface area contributed by atoms with Crippen molar-refractivity contribution in [1.82, 2.24) is 9.97 Å². The van der Waals surface area contributed by atoms with E-state index in [4.69, 9.17) is 4.74 Å². The van der Waals surface area contributed by atoms with Gasteiger partial charge in [0.15, 0.2) is 0 Å². The Labute approximate surface area is 142 Å². The minimum atomic E-state index is 0.0649. The first-order valence-electron chi connectivity index (χ1n) is 8.42. The van der Waals surface area contributed by atoms with Gasteiger partial charge in [-0.25, -0.2) is 4.98 Å². The van der Waals surface area contributed by atoms with Crippen molar-refractivity contribution < 1.29 is 9.53 Å². The minimum Gasteiger partial charge on any atom is -0.439 e. The Morgan fingerprint density at radius 2 is 1.83 bits per heavy atom. The lowest BCUT2D eigenvalue weighted by Gasteiger charge is -2.18. The van der Waals surface area contributed by atoms with Crippen LogP contribution in [0.4, 0.5) is 5.69 Å². The van der Waals surface area contributed by atoms with Gasteiger partial charge in [-0.05, 0) is 36.1 Å². The molecule has 2 aromatic rings. The average Bonchev–Trinajstić information content (AvgIpc) is 2.54. The zero-order valence-electron chi connectivity index (χ0n) is 14.6. The van der Waals surface area contributed by atoms with Gasteiger partial charge in [-0.15, -0.1) is 0 Å². The summed E-state index contributed by atoms with van der Waals surface area (Å²) in [4.78, 5) is 20.6. The predicted octanol–water partition coefficient (Wildman–Crippen LogP) is 4.40. The highest BCUT2D eigenvalue weighted by molar-refractivity contribution is 5.94. The highest BCUT2D eigenvalue weighted by atomic mass is 16.5. The predicted molar refractivity (Wildman–Crippen MR) is 93.7 cm³/mol. The Morgan fingerprint density at radius 1 is 1.04 bits per heavy atom. The molecule has 0 saturated carbocycles. The van der Waals surface area contributed by atoms with Crippen LogP contribution in [0.2, 0.25) is 0 Å². The molecule has 0 saturated heterocycles. The van der Waals surface area contributed by atoms with Gasteiger partial charge < -0.3 is 10.1 Å². The summed E-state index contributed by atoms with van der Waals surface area (Å²) >= 11 is 0. The van der Waals surface area contributed by atoms with Gasteiger partial charge in [0.05, 0.1) is 5.69 Å². The zero-order valence-corrected chi connectivity index (χ0v) is 14.6. The van der Waals surface area contributed by atoms with E-state index >= 15 is 0 Å². The number of hydrogen-bond acceptors (Lipinski definition) is 4. The van der Waals surface area contributed by atoms with Crippen LogP contribution < -0.4 is 10.1 Å². The molecule has 24 heavy (non-hydrogen) atoms. The molecular weight excluding hydrogens is 302 g/mol. The Morgan fingerprint density at radius 3 is 2.54 bits per heavy atom. The minimum absolute atomic E-state index is 0.0649. The van der Waals surface area contributed by atoms with Gasteiger partial charge in [-0.2, -0.15) is 4.98 Å². The number of benzene rings is 1. The van der Waals surface area contributed by atoms with Gasteiger partial charge >= 0.3 is 0 Å². The van der Waals surface area contributed by atoms with Crippen LogP contribution in [0.3, 0.4) is 0 Å². The van der Waals surface area contributed by atoms with Crippen LogP contribution in [0.1, 0.15) is 63.0 Å². The molecule has 5 heteroatoms. The molecule has 0 atom stereocenters. The van der Waals surface area contributed by atoms with Crippen molar-refractivity contribution in [3.05, 3.63) is 41.3 Å². The van der Waals surface area contributed by atoms with Gasteiger partial charge in [-0.1, -0.05) is 27.7 Å². The molecule has 1 aromatic heterocycles. The molecule has 0 bridgehead atoms. The van der Waals surface area contributed by atoms with Crippen LogP contribution in [0.25, 0.3) is 0 Å². The SMILES string of the molecule is CC(C)c1cc(Oc2ccc3c(c2)CCC(=O)N3)nc(C(C)C)n1. The van der Waals surface area contributed by atoms with Crippen LogP contribution in [-0.4, -0.2) is 15.9 Å². The number of carbonyl (C=O) groups excluding carboxylic acids is 1. The molecule has 0 unspecified atom stereocenters. The maximum Gasteiger partial charge on any atom is 0.224 e. The smallest absolute Gasteiger partial charge is 0.224 e. The van der Waals surface area contributed by atoms with Crippen molar-refractivity contribution in [3.8, 4) is 11.6 Å². The number of rotatable bonds is 4. The number of nitrogens with zero attached hydrogens (tertiary/aromatic N) is 2. The molecule has 1 aromatic carbocycles. The van der Waals surface area contributed by atoms with E-state index in [0.29, 0.717) is 18.2 Å². The normalized spacial score (nSPS) is 13.8. The summed E-state index contributed by atoms with van der Waals surface area (Å²) in [6.07, 6.45) is 1.25. The lowest BCUT2D eigenvalue weighted by Crippen LogP contribution is -2.18. The fraction of sp³-hybridized carbons (Fsp3) is 0.421. The summed E-state index contributed by atoms with van der Waals surface area (Å²) in [6.45, 7) is 8.37. The number of nitrogens with one attached hydrogen (secondary N) is 1. The fourth-order valence-corrected chi connectivity index (χ4v) is 2.61. The third-order valence-corrected chi connectivity index (χ3v) is 4.04. The second-order valence-electron chi connectivity index (χ2n) is 6.77. The molecule has 126 valence electrons. The van der Waals surface area contributed by atoms with Gasteiger partial charge in [0.25, 0.3) is 0 Å². The lowest BCUT2D eigenvalue weighted by molar-refractivity contribution is -0.116. The van der Waals surface area contributed by atoms with E-state index in [2.05, 4.69) is 43.0 Å². The summed E-state index contributed by atoms with van der Waals surface area (Å²) < 4.78 is 5.99. The van der Waals surface area contributed by atoms with Crippen molar-refractivity contribution in [2.24, 2.45) is 0 Å². The lowest BCUT2D eigenvalue weighted by atomic mass is 10.0. The number of fused-ring (bicyclic) bond motifs is 1. The Balaban J connectivity index is 1.89. The first-order chi connectivity index (χ1) is 11.4. The van der Waals surface area contributed by atoms with Gasteiger partial charge in [0.2, 0.25) is 11.8 Å². The second kappa shape index (κ2) is 6.59. The summed E-state index contributed by atoms with van der Waals surface area (Å²) in [7, 11) is 0. The van der Waals surface area contributed by atoms with Crippen molar-refractivity contribution in [3.63, 3.8) is 0 Å². The summed E-state index contributed by atoms with van der Waals surface area (Å²) in [5.74, 6) is 2.71.